The molecule has 1 aliphatic heterocycles. The molecule has 2 aliphatic rings. The van der Waals surface area contributed by atoms with E-state index in [4.69, 9.17) is 10.5 Å². The van der Waals surface area contributed by atoms with Gasteiger partial charge in [-0.25, -0.2) is 4.99 Å². The summed E-state index contributed by atoms with van der Waals surface area (Å²) in [5, 5.41) is 5.33. The molecule has 202 valence electrons. The zero-order chi connectivity index (χ0) is 27.4. The molecule has 0 unspecified atom stereocenters. The van der Waals surface area contributed by atoms with Crippen molar-refractivity contribution in [3.63, 3.8) is 0 Å². The molecule has 4 rings (SSSR count). The van der Waals surface area contributed by atoms with Gasteiger partial charge in [-0.2, -0.15) is 13.2 Å². The molecule has 0 spiro atoms. The van der Waals surface area contributed by atoms with Crippen LogP contribution in [0.3, 0.4) is 0 Å². The van der Waals surface area contributed by atoms with E-state index in [9.17, 15) is 27.6 Å². The minimum Gasteiger partial charge on any atom is -0.495 e. The molecule has 38 heavy (non-hydrogen) atoms. The second kappa shape index (κ2) is 11.2. The van der Waals surface area contributed by atoms with Crippen LogP contribution in [0.2, 0.25) is 0 Å². The van der Waals surface area contributed by atoms with Gasteiger partial charge in [0.2, 0.25) is 18.0 Å². The van der Waals surface area contributed by atoms with Crippen LogP contribution in [-0.2, 0) is 14.4 Å². The molecule has 4 N–H and O–H groups in total. The van der Waals surface area contributed by atoms with Crippen LogP contribution in [0, 0.1) is 17.8 Å². The van der Waals surface area contributed by atoms with Gasteiger partial charge in [-0.15, -0.1) is 0 Å². The van der Waals surface area contributed by atoms with E-state index in [1.54, 1.807) is 42.5 Å². The van der Waals surface area contributed by atoms with Crippen LogP contribution in [0.1, 0.15) is 43.2 Å². The number of alkyl halides is 3. The van der Waals surface area contributed by atoms with Crippen molar-refractivity contribution in [3.8, 4) is 5.75 Å². The maximum Gasteiger partial charge on any atom is 0.389 e. The summed E-state index contributed by atoms with van der Waals surface area (Å²) in [6.07, 6.45) is -5.95. The first-order valence-electron chi connectivity index (χ1n) is 12.3. The lowest BCUT2D eigenvalue weighted by atomic mass is 9.83. The van der Waals surface area contributed by atoms with Crippen LogP contribution in [0.5, 0.6) is 5.75 Å². The largest absolute Gasteiger partial charge is 0.495 e. The number of benzodiazepines with no additional fused rings is 1. The number of hydrogen-bond acceptors (Lipinski definition) is 5. The Morgan fingerprint density at radius 2 is 1.84 bits per heavy atom. The molecule has 11 heteroatoms. The number of fused-ring (bicyclic) bond motifs is 1. The molecule has 3 atom stereocenters. The average molecular weight is 531 g/mol. The summed E-state index contributed by atoms with van der Waals surface area (Å²) in [5.41, 5.74) is 7.48. The molecular formula is C27H29F3N4O4. The number of carbonyl (C=O) groups is 3. The fraction of sp³-hybridized carbons (Fsp3) is 0.407. The van der Waals surface area contributed by atoms with Crippen molar-refractivity contribution in [1.82, 2.24) is 5.32 Å². The number of nitrogens with two attached hydrogens (primary N) is 1. The minimum atomic E-state index is -4.50. The number of nitrogens with one attached hydrogen (secondary N) is 2. The Hall–Kier alpha value is -3.89. The molecule has 8 nitrogen and oxygen atoms in total. The monoisotopic (exact) mass is 530 g/mol. The number of halogens is 3. The molecule has 3 amide bonds. The van der Waals surface area contributed by atoms with E-state index in [2.05, 4.69) is 15.6 Å². The van der Waals surface area contributed by atoms with Crippen LogP contribution in [0.4, 0.5) is 18.9 Å². The smallest absolute Gasteiger partial charge is 0.389 e. The highest BCUT2D eigenvalue weighted by Crippen LogP contribution is 2.39. The number of aliphatic imine (C=N–C) groups is 1. The summed E-state index contributed by atoms with van der Waals surface area (Å²) in [6.45, 7) is 0. The SMILES string of the molecule is COc1cccc2c1NC(=O)[C@@H](NC(=O)[C@@H](CC1CC1)[C@@H](CCC(F)(F)F)C(N)=O)N=C2c1ccccc1. The van der Waals surface area contributed by atoms with Gasteiger partial charge in [-0.1, -0.05) is 55.3 Å². The van der Waals surface area contributed by atoms with E-state index < -0.39 is 54.7 Å². The van der Waals surface area contributed by atoms with Crippen molar-refractivity contribution in [1.29, 1.82) is 0 Å². The number of primary amides is 1. The summed E-state index contributed by atoms with van der Waals surface area (Å²) >= 11 is 0. The molecule has 1 fully saturated rings. The number of anilines is 1. The third kappa shape index (κ3) is 6.51. The molecule has 1 aliphatic carbocycles. The molecule has 2 aromatic rings. The van der Waals surface area contributed by atoms with Crippen LogP contribution in [0.15, 0.2) is 53.5 Å². The fourth-order valence-corrected chi connectivity index (χ4v) is 4.67. The number of rotatable bonds is 10. The zero-order valence-electron chi connectivity index (χ0n) is 20.8. The van der Waals surface area contributed by atoms with Crippen molar-refractivity contribution in [2.24, 2.45) is 28.5 Å². The van der Waals surface area contributed by atoms with Crippen LogP contribution < -0.4 is 21.1 Å². The van der Waals surface area contributed by atoms with E-state index in [-0.39, 0.29) is 12.3 Å². The summed E-state index contributed by atoms with van der Waals surface area (Å²) in [5.74, 6) is -4.34. The third-order valence-corrected chi connectivity index (χ3v) is 6.79. The third-order valence-electron chi connectivity index (χ3n) is 6.79. The highest BCUT2D eigenvalue weighted by atomic mass is 19.4. The Morgan fingerprint density at radius 3 is 2.45 bits per heavy atom. The van der Waals surface area contributed by atoms with Gasteiger partial charge in [0.05, 0.1) is 18.5 Å². The maximum absolute atomic E-state index is 13.5. The van der Waals surface area contributed by atoms with Crippen molar-refractivity contribution in [2.75, 3.05) is 12.4 Å². The van der Waals surface area contributed by atoms with Crippen LogP contribution in [-0.4, -0.2) is 42.9 Å². The molecule has 0 radical (unpaired) electrons. The molecule has 2 aromatic carbocycles. The maximum atomic E-state index is 13.5. The molecule has 1 heterocycles. The van der Waals surface area contributed by atoms with E-state index in [0.29, 0.717) is 28.3 Å². The van der Waals surface area contributed by atoms with E-state index >= 15 is 0 Å². The van der Waals surface area contributed by atoms with Gasteiger partial charge >= 0.3 is 6.18 Å². The van der Waals surface area contributed by atoms with Gasteiger partial charge in [-0.05, 0) is 24.8 Å². The Balaban J connectivity index is 1.67. The summed E-state index contributed by atoms with van der Waals surface area (Å²) in [7, 11) is 1.46. The molecule has 0 aromatic heterocycles. The number of nitrogens with zero attached hydrogens (tertiary/aromatic N) is 1. The molecular weight excluding hydrogens is 501 g/mol. The number of para-hydroxylation sites is 1. The molecule has 1 saturated carbocycles. The summed E-state index contributed by atoms with van der Waals surface area (Å²) < 4.78 is 44.3. The predicted molar refractivity (Wildman–Crippen MR) is 134 cm³/mol. The molecule has 0 bridgehead atoms. The molecule has 0 saturated heterocycles. The van der Waals surface area contributed by atoms with E-state index in [1.807, 2.05) is 6.07 Å². The number of hydrogen-bond donors (Lipinski definition) is 3. The minimum absolute atomic E-state index is 0.110. The number of methoxy groups -OCH3 is 1. The van der Waals surface area contributed by atoms with Gasteiger partial charge in [0, 0.05) is 29.4 Å². The van der Waals surface area contributed by atoms with Crippen LogP contribution >= 0.6 is 0 Å². The standard InChI is InChI=1S/C27H29F3N4O4/c1-38-20-9-5-8-18-21(16-6-3-2-4-7-16)32-24(26(37)33-22(18)20)34-25(36)19(14-15-10-11-15)17(23(31)35)12-13-27(28,29)30/h2-9,15,17,19,24H,10-14H2,1H3,(H2,31,35)(H,33,37)(H,34,36)/t17-,19+,24-/m1/s1. The average Bonchev–Trinajstić information content (AvgIpc) is 3.70. The van der Waals surface area contributed by atoms with Crippen molar-refractivity contribution in [3.05, 3.63) is 59.7 Å². The van der Waals surface area contributed by atoms with Crippen LogP contribution in [0.25, 0.3) is 0 Å². The summed E-state index contributed by atoms with van der Waals surface area (Å²) in [6, 6.07) is 14.2. The van der Waals surface area contributed by atoms with Crippen molar-refractivity contribution >= 4 is 29.1 Å². The number of ether oxygens (including phenoxy) is 1. The van der Waals surface area contributed by atoms with Gasteiger partial charge in [0.1, 0.15) is 5.75 Å². The highest BCUT2D eigenvalue weighted by Gasteiger charge is 2.41. The van der Waals surface area contributed by atoms with Crippen molar-refractivity contribution in [2.45, 2.75) is 44.4 Å². The van der Waals surface area contributed by atoms with Gasteiger partial charge in [-0.3, -0.25) is 14.4 Å². The second-order valence-electron chi connectivity index (χ2n) is 9.58. The Kier molecular flexibility index (Phi) is 8.03. The lowest BCUT2D eigenvalue weighted by Gasteiger charge is -2.26. The first-order chi connectivity index (χ1) is 18.1. The van der Waals surface area contributed by atoms with Crippen molar-refractivity contribution < 1.29 is 32.3 Å². The second-order valence-corrected chi connectivity index (χ2v) is 9.58. The quantitative estimate of drug-likeness (QED) is 0.433. The fourth-order valence-electron chi connectivity index (χ4n) is 4.67. The van der Waals surface area contributed by atoms with Gasteiger partial charge in [0.25, 0.3) is 5.91 Å². The van der Waals surface area contributed by atoms with Gasteiger partial charge < -0.3 is 21.1 Å². The Bertz CT molecular complexity index is 1230. The first-order valence-corrected chi connectivity index (χ1v) is 12.3. The van der Waals surface area contributed by atoms with E-state index in [1.165, 1.54) is 7.11 Å². The highest BCUT2D eigenvalue weighted by molar-refractivity contribution is 6.20. The van der Waals surface area contributed by atoms with Gasteiger partial charge in [0.15, 0.2) is 0 Å². The lowest BCUT2D eigenvalue weighted by molar-refractivity contribution is -0.146. The number of amides is 3. The topological polar surface area (TPSA) is 123 Å². The predicted octanol–water partition coefficient (Wildman–Crippen LogP) is 3.79. The first kappa shape index (κ1) is 27.2. The normalized spacial score (nSPS) is 18.8. The summed E-state index contributed by atoms with van der Waals surface area (Å²) in [4.78, 5) is 43.5. The number of carbonyl (C=O) groups excluding carboxylic acids is 3. The zero-order valence-corrected chi connectivity index (χ0v) is 20.8. The number of benzene rings is 2. The van der Waals surface area contributed by atoms with E-state index in [0.717, 1.165) is 12.8 Å². The lowest BCUT2D eigenvalue weighted by Crippen LogP contribution is -2.48. The Morgan fingerprint density at radius 1 is 1.13 bits per heavy atom. The Labute approximate surface area is 217 Å².